The normalized spacial score (nSPS) is 13.9. The molecule has 22 heavy (non-hydrogen) atoms. The van der Waals surface area contributed by atoms with Crippen molar-refractivity contribution in [2.45, 2.75) is 45.9 Å². The Hall–Kier alpha value is -1.92. The van der Waals surface area contributed by atoms with Crippen LogP contribution < -0.4 is 5.32 Å². The molecule has 0 saturated heterocycles. The molecule has 0 radical (unpaired) electrons. The number of benzene rings is 1. The average Bonchev–Trinajstić information content (AvgIpc) is 2.52. The highest BCUT2D eigenvalue weighted by Gasteiger charge is 2.13. The Balaban J connectivity index is 0.000000409. The molecule has 3 N–H and O–H groups in total. The van der Waals surface area contributed by atoms with Crippen molar-refractivity contribution in [2.75, 3.05) is 7.05 Å². The quantitative estimate of drug-likeness (QED) is 0.553. The molecule has 1 unspecified atom stereocenters. The zero-order valence-electron chi connectivity index (χ0n) is 13.8. The molecule has 0 bridgehead atoms. The van der Waals surface area contributed by atoms with Gasteiger partial charge in [0.05, 0.1) is 11.8 Å². The fourth-order valence-corrected chi connectivity index (χ4v) is 1.33. The van der Waals surface area contributed by atoms with Gasteiger partial charge in [0.25, 0.3) is 0 Å². The van der Waals surface area contributed by atoms with E-state index in [2.05, 4.69) is 15.3 Å². The smallest absolute Gasteiger partial charge is 0.347 e. The molecule has 124 valence electrons. The first-order chi connectivity index (χ1) is 10.3. The summed E-state index contributed by atoms with van der Waals surface area (Å²) >= 11 is 0. The summed E-state index contributed by atoms with van der Waals surface area (Å²) < 4.78 is 0. The summed E-state index contributed by atoms with van der Waals surface area (Å²) in [6.45, 7) is 6.84. The van der Waals surface area contributed by atoms with Crippen molar-refractivity contribution in [2.24, 2.45) is 5.16 Å². The van der Waals surface area contributed by atoms with Gasteiger partial charge in [0.1, 0.15) is 0 Å². The van der Waals surface area contributed by atoms with E-state index in [0.717, 1.165) is 5.56 Å². The van der Waals surface area contributed by atoms with Crippen LogP contribution in [0.2, 0.25) is 0 Å². The lowest BCUT2D eigenvalue weighted by atomic mass is 10.0. The molecule has 1 aromatic rings. The van der Waals surface area contributed by atoms with Gasteiger partial charge in [-0.05, 0) is 40.3 Å². The Bertz CT molecular complexity index is 458. The number of hydrogen-bond donors (Lipinski definition) is 3. The van der Waals surface area contributed by atoms with Gasteiger partial charge in [-0.3, -0.25) is 0 Å². The molecule has 0 aliphatic rings. The van der Waals surface area contributed by atoms with Crippen LogP contribution in [0.5, 0.6) is 0 Å². The van der Waals surface area contributed by atoms with Crippen molar-refractivity contribution in [1.29, 1.82) is 0 Å². The first kappa shape index (κ1) is 20.1. The van der Waals surface area contributed by atoms with Crippen molar-refractivity contribution in [1.82, 2.24) is 5.32 Å². The van der Waals surface area contributed by atoms with Gasteiger partial charge >= 0.3 is 5.97 Å². The third-order valence-corrected chi connectivity index (χ3v) is 2.81. The summed E-state index contributed by atoms with van der Waals surface area (Å²) in [5, 5.41) is 24.5. The number of aliphatic carboxylic acids is 1. The first-order valence-electron chi connectivity index (χ1n) is 7.09. The highest BCUT2D eigenvalue weighted by atomic mass is 16.6. The zero-order chi connectivity index (χ0) is 17.1. The van der Waals surface area contributed by atoms with E-state index < -0.39 is 18.2 Å². The first-order valence-corrected chi connectivity index (χ1v) is 7.09. The maximum absolute atomic E-state index is 10.1. The largest absolute Gasteiger partial charge is 0.478 e. The Morgan fingerprint density at radius 3 is 2.18 bits per heavy atom. The summed E-state index contributed by atoms with van der Waals surface area (Å²) in [6.07, 6.45) is -1.29. The SMILES string of the molecule is CC(C)=NOC(C)C(=O)O.CN[C@@H](C)[C@H](O)c1ccccc1. The maximum Gasteiger partial charge on any atom is 0.347 e. The Morgan fingerprint density at radius 2 is 1.77 bits per heavy atom. The number of carboxylic acid groups (broad SMARTS) is 1. The van der Waals surface area contributed by atoms with Crippen molar-refractivity contribution in [3.8, 4) is 0 Å². The fourth-order valence-electron chi connectivity index (χ4n) is 1.33. The number of carbonyl (C=O) groups is 1. The Kier molecular flexibility index (Phi) is 9.82. The van der Waals surface area contributed by atoms with Gasteiger partial charge in [0, 0.05) is 6.04 Å². The molecule has 0 heterocycles. The van der Waals surface area contributed by atoms with Gasteiger partial charge in [0.2, 0.25) is 6.10 Å². The van der Waals surface area contributed by atoms with Crippen LogP contribution in [0.15, 0.2) is 35.5 Å². The molecule has 0 saturated carbocycles. The molecular weight excluding hydrogens is 284 g/mol. The Morgan fingerprint density at radius 1 is 1.23 bits per heavy atom. The Labute approximate surface area is 131 Å². The minimum atomic E-state index is -1.01. The van der Waals surface area contributed by atoms with Gasteiger partial charge in [-0.15, -0.1) is 0 Å². The van der Waals surface area contributed by atoms with Crippen LogP contribution in [0, 0.1) is 0 Å². The number of rotatable bonds is 6. The number of hydrogen-bond acceptors (Lipinski definition) is 5. The molecule has 0 fully saturated rings. The lowest BCUT2D eigenvalue weighted by Gasteiger charge is -2.17. The number of carboxylic acids is 1. The van der Waals surface area contributed by atoms with Crippen LogP contribution >= 0.6 is 0 Å². The second-order valence-corrected chi connectivity index (χ2v) is 5.06. The predicted octanol–water partition coefficient (Wildman–Crippen LogP) is 2.20. The minimum absolute atomic E-state index is 0.0902. The number of aliphatic hydroxyl groups excluding tert-OH is 1. The van der Waals surface area contributed by atoms with E-state index >= 15 is 0 Å². The number of nitrogens with one attached hydrogen (secondary N) is 1. The third-order valence-electron chi connectivity index (χ3n) is 2.81. The summed E-state index contributed by atoms with van der Waals surface area (Å²) in [7, 11) is 1.84. The van der Waals surface area contributed by atoms with Gasteiger partial charge in [-0.1, -0.05) is 35.5 Å². The van der Waals surface area contributed by atoms with Crippen molar-refractivity contribution < 1.29 is 19.8 Å². The number of nitrogens with zero attached hydrogens (tertiary/aromatic N) is 1. The van der Waals surface area contributed by atoms with E-state index in [9.17, 15) is 9.90 Å². The van der Waals surface area contributed by atoms with Crippen LogP contribution in [0.1, 0.15) is 39.4 Å². The third kappa shape index (κ3) is 8.39. The second-order valence-electron chi connectivity index (χ2n) is 5.06. The van der Waals surface area contributed by atoms with E-state index in [-0.39, 0.29) is 6.04 Å². The summed E-state index contributed by atoms with van der Waals surface area (Å²) in [5.41, 5.74) is 1.66. The van der Waals surface area contributed by atoms with E-state index in [0.29, 0.717) is 5.71 Å². The van der Waals surface area contributed by atoms with Crippen molar-refractivity contribution in [3.05, 3.63) is 35.9 Å². The molecule has 3 atom stereocenters. The number of oxime groups is 1. The fraction of sp³-hybridized carbons (Fsp3) is 0.500. The lowest BCUT2D eigenvalue weighted by molar-refractivity contribution is -0.149. The molecule has 0 aliphatic carbocycles. The molecule has 1 rings (SSSR count). The summed E-state index contributed by atoms with van der Waals surface area (Å²) in [4.78, 5) is 14.7. The van der Waals surface area contributed by atoms with Gasteiger partial charge < -0.3 is 20.4 Å². The summed E-state index contributed by atoms with van der Waals surface area (Å²) in [6, 6.07) is 9.76. The number of likely N-dealkylation sites (N-methyl/N-ethyl adjacent to an activating group) is 1. The average molecular weight is 310 g/mol. The molecule has 6 heteroatoms. The molecule has 1 aromatic carbocycles. The van der Waals surface area contributed by atoms with Crippen LogP contribution in [0.25, 0.3) is 0 Å². The standard InChI is InChI=1S/C10H15NO.C6H11NO3/c1-8(11-2)10(12)9-6-4-3-5-7-9;1-4(2)7-10-5(3)6(8)9/h3-8,10-12H,1-2H3;5H,1-3H3,(H,8,9)/t8-,10-;/m0./s1. The molecule has 0 aromatic heterocycles. The van der Waals surface area contributed by atoms with E-state index in [1.165, 1.54) is 6.92 Å². The van der Waals surface area contributed by atoms with Crippen LogP contribution in [-0.4, -0.2) is 41.1 Å². The van der Waals surface area contributed by atoms with Gasteiger partial charge in [-0.2, -0.15) is 0 Å². The highest BCUT2D eigenvalue weighted by molar-refractivity contribution is 5.78. The van der Waals surface area contributed by atoms with Gasteiger partial charge in [-0.25, -0.2) is 4.79 Å². The molecular formula is C16H26N2O4. The molecule has 0 spiro atoms. The van der Waals surface area contributed by atoms with E-state index in [1.807, 2.05) is 44.3 Å². The van der Waals surface area contributed by atoms with E-state index in [1.54, 1.807) is 13.8 Å². The molecule has 0 amide bonds. The van der Waals surface area contributed by atoms with Crippen LogP contribution in [0.3, 0.4) is 0 Å². The van der Waals surface area contributed by atoms with E-state index in [4.69, 9.17) is 5.11 Å². The van der Waals surface area contributed by atoms with Gasteiger partial charge in [0.15, 0.2) is 0 Å². The second kappa shape index (κ2) is 10.8. The van der Waals surface area contributed by atoms with Crippen LogP contribution in [-0.2, 0) is 9.63 Å². The monoisotopic (exact) mass is 310 g/mol. The van der Waals surface area contributed by atoms with Crippen molar-refractivity contribution in [3.63, 3.8) is 0 Å². The number of aliphatic hydroxyl groups is 1. The molecule has 0 aliphatic heterocycles. The topological polar surface area (TPSA) is 91.2 Å². The zero-order valence-corrected chi connectivity index (χ0v) is 13.8. The minimum Gasteiger partial charge on any atom is -0.478 e. The lowest BCUT2D eigenvalue weighted by Crippen LogP contribution is -2.28. The maximum atomic E-state index is 10.1. The predicted molar refractivity (Wildman–Crippen MR) is 86.9 cm³/mol. The molecule has 6 nitrogen and oxygen atoms in total. The van der Waals surface area contributed by atoms with Crippen LogP contribution in [0.4, 0.5) is 0 Å². The summed E-state index contributed by atoms with van der Waals surface area (Å²) in [5.74, 6) is -1.01. The highest BCUT2D eigenvalue weighted by Crippen LogP contribution is 2.15. The van der Waals surface area contributed by atoms with Crippen molar-refractivity contribution >= 4 is 11.7 Å².